The van der Waals surface area contributed by atoms with Crippen molar-refractivity contribution in [1.82, 2.24) is 0 Å². The number of methoxy groups -OCH3 is 1. The van der Waals surface area contributed by atoms with E-state index in [1.54, 1.807) is 20.8 Å². The number of carbonyl (C=O) groups excluding carboxylic acids is 4. The first-order valence-electron chi connectivity index (χ1n) is 6.48. The molecule has 0 aliphatic heterocycles. The average Bonchev–Trinajstić information content (AvgIpc) is 2.32. The predicted molar refractivity (Wildman–Crippen MR) is 72.2 cm³/mol. The van der Waals surface area contributed by atoms with Gasteiger partial charge in [-0.3, -0.25) is 14.4 Å². The van der Waals surface area contributed by atoms with Crippen molar-refractivity contribution < 1.29 is 33.4 Å². The van der Waals surface area contributed by atoms with Gasteiger partial charge in [-0.15, -0.1) is 0 Å². The highest BCUT2D eigenvalue weighted by atomic mass is 16.6. The Labute approximate surface area is 123 Å². The number of carbonyl (C=O) groups is 4. The molecule has 0 fully saturated rings. The SMILES string of the molecule is COC(=O)[C@H](C)OC(=O)CC(C(C)=O)C(=O)OC(C)(C)C. The molecule has 0 saturated carbocycles. The molecule has 7 heteroatoms. The van der Waals surface area contributed by atoms with E-state index in [2.05, 4.69) is 4.74 Å². The highest BCUT2D eigenvalue weighted by molar-refractivity contribution is 6.00. The molecule has 21 heavy (non-hydrogen) atoms. The fourth-order valence-corrected chi connectivity index (χ4v) is 1.39. The van der Waals surface area contributed by atoms with Gasteiger partial charge >= 0.3 is 17.9 Å². The molecule has 0 N–H and O–H groups in total. The van der Waals surface area contributed by atoms with Crippen LogP contribution in [0.4, 0.5) is 0 Å². The van der Waals surface area contributed by atoms with Crippen molar-refractivity contribution in [3.05, 3.63) is 0 Å². The van der Waals surface area contributed by atoms with Gasteiger partial charge in [0.15, 0.2) is 6.10 Å². The van der Waals surface area contributed by atoms with Gasteiger partial charge in [0.05, 0.1) is 13.5 Å². The summed E-state index contributed by atoms with van der Waals surface area (Å²) < 4.78 is 14.3. The average molecular weight is 302 g/mol. The molecule has 0 aliphatic rings. The summed E-state index contributed by atoms with van der Waals surface area (Å²) in [5.74, 6) is -4.12. The van der Waals surface area contributed by atoms with E-state index in [1.165, 1.54) is 13.8 Å². The van der Waals surface area contributed by atoms with Crippen LogP contribution in [0.5, 0.6) is 0 Å². The van der Waals surface area contributed by atoms with E-state index >= 15 is 0 Å². The van der Waals surface area contributed by atoms with Crippen molar-refractivity contribution in [3.8, 4) is 0 Å². The number of Topliss-reactive ketones (excluding diaryl/α,β-unsaturated/α-hetero) is 1. The van der Waals surface area contributed by atoms with E-state index in [1.807, 2.05) is 0 Å². The van der Waals surface area contributed by atoms with Crippen LogP contribution in [0.3, 0.4) is 0 Å². The van der Waals surface area contributed by atoms with Crippen molar-refractivity contribution in [2.45, 2.75) is 52.7 Å². The van der Waals surface area contributed by atoms with Gasteiger partial charge in [-0.25, -0.2) is 4.79 Å². The first-order valence-corrected chi connectivity index (χ1v) is 6.48. The Morgan fingerprint density at radius 2 is 1.57 bits per heavy atom. The maximum atomic E-state index is 11.9. The Morgan fingerprint density at radius 1 is 1.05 bits per heavy atom. The molecule has 0 bridgehead atoms. The third kappa shape index (κ3) is 7.43. The largest absolute Gasteiger partial charge is 0.466 e. The van der Waals surface area contributed by atoms with Crippen molar-refractivity contribution in [1.29, 1.82) is 0 Å². The molecule has 2 atom stereocenters. The summed E-state index contributed by atoms with van der Waals surface area (Å²) in [6.45, 7) is 7.48. The maximum absolute atomic E-state index is 11.9. The van der Waals surface area contributed by atoms with E-state index in [0.717, 1.165) is 7.11 Å². The smallest absolute Gasteiger partial charge is 0.346 e. The molecule has 0 aromatic heterocycles. The molecular weight excluding hydrogens is 280 g/mol. The highest BCUT2D eigenvalue weighted by Crippen LogP contribution is 2.16. The summed E-state index contributed by atoms with van der Waals surface area (Å²) >= 11 is 0. The van der Waals surface area contributed by atoms with Gasteiger partial charge in [-0.05, 0) is 34.6 Å². The zero-order valence-electron chi connectivity index (χ0n) is 13.2. The molecule has 1 unspecified atom stereocenters. The van der Waals surface area contributed by atoms with E-state index in [-0.39, 0.29) is 0 Å². The second-order valence-corrected chi connectivity index (χ2v) is 5.56. The highest BCUT2D eigenvalue weighted by Gasteiger charge is 2.32. The van der Waals surface area contributed by atoms with E-state index in [4.69, 9.17) is 9.47 Å². The molecule has 0 radical (unpaired) electrons. The van der Waals surface area contributed by atoms with Crippen LogP contribution < -0.4 is 0 Å². The lowest BCUT2D eigenvalue weighted by Crippen LogP contribution is -2.34. The van der Waals surface area contributed by atoms with Gasteiger partial charge in [0.2, 0.25) is 0 Å². The molecular formula is C14H22O7. The second kappa shape index (κ2) is 7.75. The van der Waals surface area contributed by atoms with Crippen LogP contribution in [-0.2, 0) is 33.4 Å². The molecule has 0 aliphatic carbocycles. The lowest BCUT2D eigenvalue weighted by Gasteiger charge is -2.22. The molecule has 0 rings (SSSR count). The number of ether oxygens (including phenoxy) is 3. The molecule has 0 aromatic rings. The normalized spacial score (nSPS) is 13.8. The van der Waals surface area contributed by atoms with E-state index < -0.39 is 47.7 Å². The van der Waals surface area contributed by atoms with Crippen LogP contribution in [0.15, 0.2) is 0 Å². The first kappa shape index (κ1) is 19.1. The van der Waals surface area contributed by atoms with Crippen LogP contribution in [0.25, 0.3) is 0 Å². The van der Waals surface area contributed by atoms with Gasteiger partial charge in [0, 0.05) is 0 Å². The minimum atomic E-state index is -1.25. The zero-order chi connectivity index (χ0) is 16.8. The number of rotatable bonds is 6. The summed E-state index contributed by atoms with van der Waals surface area (Å²) in [6.07, 6.45) is -1.58. The summed E-state index contributed by atoms with van der Waals surface area (Å²) in [7, 11) is 1.16. The summed E-state index contributed by atoms with van der Waals surface area (Å²) in [6, 6.07) is 0. The van der Waals surface area contributed by atoms with Gasteiger partial charge in [0.1, 0.15) is 17.3 Å². The molecule has 0 aromatic carbocycles. The molecule has 7 nitrogen and oxygen atoms in total. The van der Waals surface area contributed by atoms with Gasteiger partial charge < -0.3 is 14.2 Å². The topological polar surface area (TPSA) is 96.0 Å². The summed E-state index contributed by atoms with van der Waals surface area (Å²) in [4.78, 5) is 46.2. The molecule has 0 amide bonds. The maximum Gasteiger partial charge on any atom is 0.346 e. The summed E-state index contributed by atoms with van der Waals surface area (Å²) in [5.41, 5.74) is -0.770. The van der Waals surface area contributed by atoms with E-state index in [0.29, 0.717) is 0 Å². The summed E-state index contributed by atoms with van der Waals surface area (Å²) in [5, 5.41) is 0. The Hall–Kier alpha value is -1.92. The zero-order valence-corrected chi connectivity index (χ0v) is 13.2. The Balaban J connectivity index is 4.72. The van der Waals surface area contributed by atoms with Crippen LogP contribution in [0, 0.1) is 5.92 Å². The number of hydrogen-bond donors (Lipinski definition) is 0. The second-order valence-electron chi connectivity index (χ2n) is 5.56. The lowest BCUT2D eigenvalue weighted by atomic mass is 10.0. The standard InChI is InChI=1S/C14H22O7/c1-8(15)10(13(18)21-14(3,4)5)7-11(16)20-9(2)12(17)19-6/h9-10H,7H2,1-6H3/t9-,10?/m0/s1. The van der Waals surface area contributed by atoms with Crippen molar-refractivity contribution in [3.63, 3.8) is 0 Å². The molecule has 0 heterocycles. The van der Waals surface area contributed by atoms with Crippen molar-refractivity contribution in [2.24, 2.45) is 5.92 Å². The Bertz CT molecular complexity index is 420. The van der Waals surface area contributed by atoms with Crippen molar-refractivity contribution >= 4 is 23.7 Å². The van der Waals surface area contributed by atoms with Gasteiger partial charge in [0.25, 0.3) is 0 Å². The third-order valence-electron chi connectivity index (χ3n) is 2.39. The molecule has 120 valence electrons. The van der Waals surface area contributed by atoms with Crippen molar-refractivity contribution in [2.75, 3.05) is 7.11 Å². The van der Waals surface area contributed by atoms with Crippen LogP contribution >= 0.6 is 0 Å². The monoisotopic (exact) mass is 302 g/mol. The Morgan fingerprint density at radius 3 is 1.95 bits per heavy atom. The minimum absolute atomic E-state index is 0.481. The van der Waals surface area contributed by atoms with Gasteiger partial charge in [-0.1, -0.05) is 0 Å². The molecule has 0 spiro atoms. The Kier molecular flexibility index (Phi) is 7.05. The number of hydrogen-bond acceptors (Lipinski definition) is 7. The fourth-order valence-electron chi connectivity index (χ4n) is 1.39. The quantitative estimate of drug-likeness (QED) is 0.410. The van der Waals surface area contributed by atoms with Crippen LogP contribution in [-0.4, -0.2) is 42.5 Å². The first-order chi connectivity index (χ1) is 9.47. The fraction of sp³-hybridized carbons (Fsp3) is 0.714. The lowest BCUT2D eigenvalue weighted by molar-refractivity contribution is -0.170. The van der Waals surface area contributed by atoms with Crippen LogP contribution in [0.1, 0.15) is 41.0 Å². The van der Waals surface area contributed by atoms with Gasteiger partial charge in [-0.2, -0.15) is 0 Å². The predicted octanol–water partition coefficient (Wildman–Crippen LogP) is 1.03. The van der Waals surface area contributed by atoms with Crippen LogP contribution in [0.2, 0.25) is 0 Å². The van der Waals surface area contributed by atoms with E-state index in [9.17, 15) is 19.2 Å². The third-order valence-corrected chi connectivity index (χ3v) is 2.39. The molecule has 0 saturated heterocycles. The number of ketones is 1. The minimum Gasteiger partial charge on any atom is -0.466 e. The number of esters is 3.